The van der Waals surface area contributed by atoms with E-state index in [0.29, 0.717) is 0 Å². The van der Waals surface area contributed by atoms with Crippen LogP contribution in [0.3, 0.4) is 0 Å². The number of para-hydroxylation sites is 2. The summed E-state index contributed by atoms with van der Waals surface area (Å²) < 4.78 is 6.36. The minimum atomic E-state index is 0.863. The smallest absolute Gasteiger partial charge is 0.137 e. The number of hydrogen-bond acceptors (Lipinski definition) is 3. The fourth-order valence-electron chi connectivity index (χ4n) is 7.87. The van der Waals surface area contributed by atoms with Gasteiger partial charge in [0.25, 0.3) is 0 Å². The van der Waals surface area contributed by atoms with E-state index < -0.39 is 0 Å². The molecule has 0 atom stereocenters. The van der Waals surface area contributed by atoms with E-state index >= 15 is 0 Å². The molecule has 0 saturated carbocycles. The Balaban J connectivity index is 1.12. The normalized spacial score (nSPS) is 11.3. The number of furan rings is 1. The number of fused-ring (bicyclic) bond motifs is 4. The van der Waals surface area contributed by atoms with Gasteiger partial charge in [-0.2, -0.15) is 0 Å². The van der Waals surface area contributed by atoms with E-state index in [-0.39, 0.29) is 0 Å². The summed E-state index contributed by atoms with van der Waals surface area (Å²) in [5.41, 5.74) is 12.9. The Labute approximate surface area is 320 Å². The third-order valence-corrected chi connectivity index (χ3v) is 10.4. The lowest BCUT2D eigenvalue weighted by Crippen LogP contribution is -2.13. The van der Waals surface area contributed by atoms with Crippen LogP contribution in [-0.2, 0) is 0 Å². The zero-order valence-corrected chi connectivity index (χ0v) is 30.1. The molecular formula is C52H36N2O. The standard InChI is InChI=1S/C52H36N2O/c1-3-14-37(15-4-1)38-28-32-42(33-29-38)53(43-34-30-40(31-35-43)47-24-11-17-39-16-7-8-22-46(39)47)44-20-12-21-45(36-44)54(41-18-5-2-6-19-41)49-25-13-27-51-52(49)48-23-9-10-26-50(48)55-51/h1-36H. The first kappa shape index (κ1) is 32.3. The van der Waals surface area contributed by atoms with Gasteiger partial charge in [-0.25, -0.2) is 0 Å². The van der Waals surface area contributed by atoms with E-state index in [1.807, 2.05) is 12.1 Å². The first-order valence-electron chi connectivity index (χ1n) is 18.7. The van der Waals surface area contributed by atoms with Crippen molar-refractivity contribution >= 4 is 66.8 Å². The van der Waals surface area contributed by atoms with Crippen molar-refractivity contribution in [3.05, 3.63) is 218 Å². The molecule has 0 aliphatic heterocycles. The molecule has 0 unspecified atom stereocenters. The van der Waals surface area contributed by atoms with Crippen molar-refractivity contribution in [3.63, 3.8) is 0 Å². The van der Waals surface area contributed by atoms with Crippen molar-refractivity contribution in [2.45, 2.75) is 0 Å². The van der Waals surface area contributed by atoms with Crippen molar-refractivity contribution in [2.24, 2.45) is 0 Å². The predicted molar refractivity (Wildman–Crippen MR) is 231 cm³/mol. The summed E-state index contributed by atoms with van der Waals surface area (Å²) in [5, 5.41) is 4.67. The molecule has 0 amide bonds. The molecule has 55 heavy (non-hydrogen) atoms. The first-order valence-corrected chi connectivity index (χ1v) is 18.7. The van der Waals surface area contributed by atoms with E-state index in [0.717, 1.165) is 56.1 Å². The Kier molecular flexibility index (Phi) is 8.16. The monoisotopic (exact) mass is 704 g/mol. The molecule has 10 aromatic rings. The van der Waals surface area contributed by atoms with E-state index in [1.165, 1.54) is 33.0 Å². The molecule has 3 heteroatoms. The van der Waals surface area contributed by atoms with Gasteiger partial charge in [-0.1, -0.05) is 146 Å². The van der Waals surface area contributed by atoms with Crippen LogP contribution in [0.5, 0.6) is 0 Å². The largest absolute Gasteiger partial charge is 0.456 e. The molecule has 1 heterocycles. The molecular weight excluding hydrogens is 669 g/mol. The van der Waals surface area contributed by atoms with Crippen LogP contribution in [0.25, 0.3) is 55.0 Å². The van der Waals surface area contributed by atoms with E-state index in [9.17, 15) is 0 Å². The maximum absolute atomic E-state index is 6.36. The highest BCUT2D eigenvalue weighted by Crippen LogP contribution is 2.45. The quantitative estimate of drug-likeness (QED) is 0.157. The SMILES string of the molecule is c1ccc(-c2ccc(N(c3ccc(-c4cccc5ccccc45)cc3)c3cccc(N(c4ccccc4)c4cccc5oc6ccccc6c45)c3)cc2)cc1. The van der Waals surface area contributed by atoms with Crippen LogP contribution >= 0.6 is 0 Å². The maximum atomic E-state index is 6.36. The van der Waals surface area contributed by atoms with Crippen LogP contribution in [-0.4, -0.2) is 0 Å². The van der Waals surface area contributed by atoms with Crippen LogP contribution in [0, 0.1) is 0 Å². The second-order valence-electron chi connectivity index (χ2n) is 13.8. The van der Waals surface area contributed by atoms with Gasteiger partial charge in [0, 0.05) is 33.8 Å². The summed E-state index contributed by atoms with van der Waals surface area (Å²) in [6, 6.07) is 77.6. The molecule has 0 saturated heterocycles. The van der Waals surface area contributed by atoms with Gasteiger partial charge in [0.1, 0.15) is 11.2 Å². The number of benzene rings is 9. The molecule has 0 bridgehead atoms. The van der Waals surface area contributed by atoms with Gasteiger partial charge in [0.2, 0.25) is 0 Å². The van der Waals surface area contributed by atoms with Crippen molar-refractivity contribution in [2.75, 3.05) is 9.80 Å². The Bertz CT molecular complexity index is 2910. The van der Waals surface area contributed by atoms with E-state index in [1.54, 1.807) is 0 Å². The third kappa shape index (κ3) is 5.98. The second kappa shape index (κ2) is 13.9. The summed E-state index contributed by atoms with van der Waals surface area (Å²) in [6.07, 6.45) is 0. The van der Waals surface area contributed by atoms with Gasteiger partial charge >= 0.3 is 0 Å². The Morgan fingerprint density at radius 3 is 1.58 bits per heavy atom. The molecule has 3 nitrogen and oxygen atoms in total. The lowest BCUT2D eigenvalue weighted by molar-refractivity contribution is 0.669. The summed E-state index contributed by atoms with van der Waals surface area (Å²) in [4.78, 5) is 4.69. The molecule has 0 spiro atoms. The molecule has 9 aromatic carbocycles. The van der Waals surface area contributed by atoms with Crippen molar-refractivity contribution in [3.8, 4) is 22.3 Å². The topological polar surface area (TPSA) is 19.6 Å². The number of anilines is 6. The van der Waals surface area contributed by atoms with Crippen molar-refractivity contribution in [1.82, 2.24) is 0 Å². The molecule has 1 aromatic heterocycles. The lowest BCUT2D eigenvalue weighted by Gasteiger charge is -2.30. The Morgan fingerprint density at radius 1 is 0.309 bits per heavy atom. The highest BCUT2D eigenvalue weighted by molar-refractivity contribution is 6.13. The van der Waals surface area contributed by atoms with E-state index in [2.05, 4.69) is 216 Å². The summed E-state index contributed by atoms with van der Waals surface area (Å²) in [6.45, 7) is 0. The van der Waals surface area contributed by atoms with Gasteiger partial charge < -0.3 is 14.2 Å². The van der Waals surface area contributed by atoms with Gasteiger partial charge in [-0.3, -0.25) is 0 Å². The summed E-state index contributed by atoms with van der Waals surface area (Å²) >= 11 is 0. The van der Waals surface area contributed by atoms with Gasteiger partial charge in [0.15, 0.2) is 0 Å². The number of hydrogen-bond donors (Lipinski definition) is 0. The fraction of sp³-hybridized carbons (Fsp3) is 0. The van der Waals surface area contributed by atoms with Crippen molar-refractivity contribution < 1.29 is 4.42 Å². The van der Waals surface area contributed by atoms with Crippen LogP contribution < -0.4 is 9.80 Å². The average Bonchev–Trinajstić information content (AvgIpc) is 3.65. The number of nitrogens with zero attached hydrogens (tertiary/aromatic N) is 2. The second-order valence-corrected chi connectivity index (χ2v) is 13.8. The molecule has 260 valence electrons. The average molecular weight is 705 g/mol. The Morgan fingerprint density at radius 2 is 0.818 bits per heavy atom. The zero-order chi connectivity index (χ0) is 36.6. The minimum Gasteiger partial charge on any atom is -0.456 e. The minimum absolute atomic E-state index is 0.863. The molecule has 0 radical (unpaired) electrons. The highest BCUT2D eigenvalue weighted by Gasteiger charge is 2.21. The maximum Gasteiger partial charge on any atom is 0.137 e. The third-order valence-electron chi connectivity index (χ3n) is 10.4. The molecule has 0 fully saturated rings. The van der Waals surface area contributed by atoms with Crippen molar-refractivity contribution in [1.29, 1.82) is 0 Å². The first-order chi connectivity index (χ1) is 27.3. The molecule has 0 N–H and O–H groups in total. The number of rotatable bonds is 8. The zero-order valence-electron chi connectivity index (χ0n) is 30.1. The fourth-order valence-corrected chi connectivity index (χ4v) is 7.87. The molecule has 0 aliphatic carbocycles. The highest BCUT2D eigenvalue weighted by atomic mass is 16.3. The van der Waals surface area contributed by atoms with Gasteiger partial charge in [-0.15, -0.1) is 0 Å². The molecule has 10 rings (SSSR count). The van der Waals surface area contributed by atoms with Gasteiger partial charge in [-0.05, 0) is 106 Å². The van der Waals surface area contributed by atoms with Crippen LogP contribution in [0.15, 0.2) is 223 Å². The summed E-state index contributed by atoms with van der Waals surface area (Å²) in [5.74, 6) is 0. The molecule has 0 aliphatic rings. The van der Waals surface area contributed by atoms with Crippen LogP contribution in [0.4, 0.5) is 34.1 Å². The lowest BCUT2D eigenvalue weighted by atomic mass is 9.98. The predicted octanol–water partition coefficient (Wildman–Crippen LogP) is 15.0. The van der Waals surface area contributed by atoms with Crippen LogP contribution in [0.2, 0.25) is 0 Å². The van der Waals surface area contributed by atoms with Crippen LogP contribution in [0.1, 0.15) is 0 Å². The Hall–Kier alpha value is -7.36. The van der Waals surface area contributed by atoms with E-state index in [4.69, 9.17) is 4.42 Å². The van der Waals surface area contributed by atoms with Gasteiger partial charge in [0.05, 0.1) is 11.1 Å². The summed E-state index contributed by atoms with van der Waals surface area (Å²) in [7, 11) is 0.